The van der Waals surface area contributed by atoms with Crippen molar-refractivity contribution in [2.75, 3.05) is 19.8 Å². The minimum atomic E-state index is -1.39. The fourth-order valence-electron chi connectivity index (χ4n) is 4.73. The summed E-state index contributed by atoms with van der Waals surface area (Å²) < 4.78 is 28.8. The van der Waals surface area contributed by atoms with Crippen LogP contribution < -0.4 is 28.7 Å². The summed E-state index contributed by atoms with van der Waals surface area (Å²) in [5.74, 6) is 0. The van der Waals surface area contributed by atoms with Crippen LogP contribution in [0.4, 0.5) is 0 Å². The second-order valence-corrected chi connectivity index (χ2v) is 9.43. The van der Waals surface area contributed by atoms with E-state index < -0.39 is 91.7 Å². The number of hydrogen-bond acceptors (Lipinski definition) is 15. The van der Waals surface area contributed by atoms with Crippen LogP contribution in [0.3, 0.4) is 0 Å². The van der Waals surface area contributed by atoms with Crippen LogP contribution in [0.2, 0.25) is 0 Å². The molecule has 3 rings (SSSR count). The summed E-state index contributed by atoms with van der Waals surface area (Å²) in [7, 11) is 0. The van der Waals surface area contributed by atoms with Crippen molar-refractivity contribution in [3.8, 4) is 0 Å². The van der Waals surface area contributed by atoms with Crippen LogP contribution in [0.5, 0.6) is 0 Å². The maximum atomic E-state index is 10.9. The quantitative estimate of drug-likeness (QED) is 0.145. The van der Waals surface area contributed by atoms with Crippen LogP contribution in [-0.2, 0) is 23.7 Å². The van der Waals surface area contributed by atoms with E-state index in [9.17, 15) is 20.4 Å². The number of hydrogen-bond donors (Lipinski definition) is 10. The van der Waals surface area contributed by atoms with E-state index in [4.69, 9.17) is 57.5 Å². The van der Waals surface area contributed by atoms with E-state index in [0.29, 0.717) is 0 Å². The highest BCUT2D eigenvalue weighted by Crippen LogP contribution is 2.32. The maximum absolute atomic E-state index is 10.9. The zero-order valence-electron chi connectivity index (χ0n) is 19.7. The minimum absolute atomic E-state index is 0.0597. The van der Waals surface area contributed by atoms with Gasteiger partial charge in [-0.3, -0.25) is 0 Å². The highest BCUT2D eigenvalue weighted by atomic mass is 16.7. The molecule has 15 N–H and O–H groups in total. The number of aliphatic hydroxyl groups is 5. The van der Waals surface area contributed by atoms with Crippen molar-refractivity contribution in [1.29, 1.82) is 0 Å². The lowest BCUT2D eigenvalue weighted by Crippen LogP contribution is -2.69. The van der Waals surface area contributed by atoms with Crippen molar-refractivity contribution < 1.29 is 49.2 Å². The van der Waals surface area contributed by atoms with Gasteiger partial charge in [0.1, 0.15) is 42.7 Å². The van der Waals surface area contributed by atoms with Crippen molar-refractivity contribution in [3.63, 3.8) is 0 Å². The highest BCUT2D eigenvalue weighted by molar-refractivity contribution is 5.01. The summed E-state index contributed by atoms with van der Waals surface area (Å²) in [5.41, 5.74) is 30.1. The molecule has 0 aromatic rings. The smallest absolute Gasteiger partial charge is 0.187 e. The lowest BCUT2D eigenvalue weighted by Gasteiger charge is -2.49. The van der Waals surface area contributed by atoms with Crippen LogP contribution >= 0.6 is 0 Å². The molecule has 35 heavy (non-hydrogen) atoms. The Labute approximate surface area is 203 Å². The van der Waals surface area contributed by atoms with Crippen LogP contribution in [-0.4, -0.2) is 137 Å². The normalized spacial score (nSPS) is 51.3. The molecular weight excluding hydrogens is 470 g/mol. The molecule has 206 valence electrons. The van der Waals surface area contributed by atoms with Gasteiger partial charge in [-0.25, -0.2) is 0 Å². The molecule has 3 aliphatic rings. The van der Waals surface area contributed by atoms with Crippen molar-refractivity contribution in [2.24, 2.45) is 28.7 Å². The van der Waals surface area contributed by atoms with Gasteiger partial charge in [-0.05, 0) is 13.3 Å². The molecule has 2 heterocycles. The average molecular weight is 512 g/mol. The van der Waals surface area contributed by atoms with Crippen LogP contribution in [0.25, 0.3) is 0 Å². The molecular formula is C20H41N5O10. The highest BCUT2D eigenvalue weighted by Gasteiger charge is 2.51. The largest absolute Gasteiger partial charge is 0.394 e. The first-order valence-electron chi connectivity index (χ1n) is 11.8. The molecule has 3 fully saturated rings. The first-order valence-corrected chi connectivity index (χ1v) is 11.8. The van der Waals surface area contributed by atoms with Gasteiger partial charge in [-0.1, -0.05) is 0 Å². The lowest BCUT2D eigenvalue weighted by atomic mass is 9.84. The van der Waals surface area contributed by atoms with E-state index >= 15 is 0 Å². The third-order valence-electron chi connectivity index (χ3n) is 6.92. The number of ether oxygens (including phenoxy) is 5. The summed E-state index contributed by atoms with van der Waals surface area (Å²) in [6.45, 7) is 1.23. The van der Waals surface area contributed by atoms with Gasteiger partial charge in [-0.15, -0.1) is 0 Å². The van der Waals surface area contributed by atoms with Crippen LogP contribution in [0, 0.1) is 0 Å². The number of nitrogens with two attached hydrogens (primary N) is 5. The van der Waals surface area contributed by atoms with Crippen molar-refractivity contribution in [1.82, 2.24) is 0 Å². The third-order valence-corrected chi connectivity index (χ3v) is 6.92. The first kappa shape index (κ1) is 29.0. The maximum Gasteiger partial charge on any atom is 0.187 e. The molecule has 0 aromatic heterocycles. The van der Waals surface area contributed by atoms with E-state index in [1.54, 1.807) is 6.92 Å². The molecule has 15 heteroatoms. The van der Waals surface area contributed by atoms with Gasteiger partial charge in [0.25, 0.3) is 0 Å². The van der Waals surface area contributed by atoms with Gasteiger partial charge in [0.15, 0.2) is 12.6 Å². The minimum Gasteiger partial charge on any atom is -0.394 e. The second kappa shape index (κ2) is 12.3. The topological polar surface area (TPSA) is 277 Å². The van der Waals surface area contributed by atoms with E-state index in [1.165, 1.54) is 0 Å². The van der Waals surface area contributed by atoms with Crippen LogP contribution in [0.1, 0.15) is 13.3 Å². The molecule has 0 bridgehead atoms. The molecule has 15 nitrogen and oxygen atoms in total. The monoisotopic (exact) mass is 511 g/mol. The van der Waals surface area contributed by atoms with E-state index in [0.717, 1.165) is 0 Å². The Kier molecular flexibility index (Phi) is 10.2. The summed E-state index contributed by atoms with van der Waals surface area (Å²) in [6.07, 6.45) is -12.5. The number of aliphatic hydroxyl groups excluding tert-OH is 5. The summed E-state index contributed by atoms with van der Waals surface area (Å²) in [4.78, 5) is 0. The van der Waals surface area contributed by atoms with Crippen LogP contribution in [0.15, 0.2) is 0 Å². The average Bonchev–Trinajstić information content (AvgIpc) is 2.82. The Morgan fingerprint density at radius 3 is 2.06 bits per heavy atom. The van der Waals surface area contributed by atoms with Gasteiger partial charge < -0.3 is 77.9 Å². The molecule has 0 spiro atoms. The molecule has 0 unspecified atom stereocenters. The Balaban J connectivity index is 1.80. The fraction of sp³-hybridized carbons (Fsp3) is 1.00. The van der Waals surface area contributed by atoms with Crippen molar-refractivity contribution in [3.05, 3.63) is 0 Å². The molecule has 1 saturated carbocycles. The number of rotatable bonds is 8. The zero-order valence-corrected chi connectivity index (χ0v) is 19.7. The summed E-state index contributed by atoms with van der Waals surface area (Å²) >= 11 is 0. The van der Waals surface area contributed by atoms with E-state index in [1.807, 2.05) is 0 Å². The first-order chi connectivity index (χ1) is 16.5. The van der Waals surface area contributed by atoms with Crippen molar-refractivity contribution >= 4 is 0 Å². The molecule has 0 radical (unpaired) electrons. The zero-order chi connectivity index (χ0) is 26.0. The molecule has 2 saturated heterocycles. The Bertz CT molecular complexity index is 668. The predicted octanol–water partition coefficient (Wildman–Crippen LogP) is -6.28. The molecule has 15 atom stereocenters. The summed E-state index contributed by atoms with van der Waals surface area (Å²) in [6, 6.07) is -3.39. The Morgan fingerprint density at radius 2 is 1.43 bits per heavy atom. The van der Waals surface area contributed by atoms with Gasteiger partial charge >= 0.3 is 0 Å². The third kappa shape index (κ3) is 6.11. The molecule has 1 aliphatic carbocycles. The van der Waals surface area contributed by atoms with Gasteiger partial charge in [0.2, 0.25) is 0 Å². The standard InChI is InChI=1S/C20H41N5O10/c1-6-10(24)17(31-3-2-26)15(30)20(32-6)35-18-12(27)7(22)4-8(23)16(18)34-19-11(25)14(29)13(28)9(5-21)33-19/h6-20,26-30H,2-5,21-25H2,1H3/t6-,7-,8+,9-,10-,11-,12+,13-,14-,15-,16-,17+,18-,19-,20+/m1/s1. The van der Waals surface area contributed by atoms with E-state index in [-0.39, 0.29) is 26.2 Å². The molecule has 0 aromatic carbocycles. The van der Waals surface area contributed by atoms with Gasteiger partial charge in [0, 0.05) is 18.6 Å². The summed E-state index contributed by atoms with van der Waals surface area (Å²) in [5, 5.41) is 51.2. The molecule has 2 aliphatic heterocycles. The van der Waals surface area contributed by atoms with E-state index in [2.05, 4.69) is 0 Å². The second-order valence-electron chi connectivity index (χ2n) is 9.43. The van der Waals surface area contributed by atoms with Crippen molar-refractivity contribution in [2.45, 2.75) is 105 Å². The van der Waals surface area contributed by atoms with Gasteiger partial charge in [0.05, 0.1) is 37.5 Å². The van der Waals surface area contributed by atoms with Gasteiger partial charge in [-0.2, -0.15) is 0 Å². The molecule has 0 amide bonds. The Morgan fingerprint density at radius 1 is 0.771 bits per heavy atom. The predicted molar refractivity (Wildman–Crippen MR) is 119 cm³/mol. The Hall–Kier alpha value is -0.600. The SMILES string of the molecule is C[C@H]1O[C@@H](O[C@@H]2[C@@H](O)[C@H](N)C[C@H](N)[C@H]2O[C@H]2O[C@H](CN)[C@@H](O)[C@H](O)[C@H]2N)[C@H](O)[C@@H](OCCO)[C@@H]1N. The lowest BCUT2D eigenvalue weighted by molar-refractivity contribution is -0.331. The fourth-order valence-corrected chi connectivity index (χ4v) is 4.73.